The first-order valence-electron chi connectivity index (χ1n) is 6.82. The van der Waals surface area contributed by atoms with Crippen LogP contribution in [0.25, 0.3) is 0 Å². The SMILES string of the molecule is CO/N=C\CCCc1ccc(N(CCCl)CCCl)cc1. The van der Waals surface area contributed by atoms with E-state index >= 15 is 0 Å². The molecule has 1 rings (SSSR count). The Morgan fingerprint density at radius 2 is 1.80 bits per heavy atom. The van der Waals surface area contributed by atoms with Crippen molar-refractivity contribution in [2.45, 2.75) is 19.3 Å². The zero-order chi connectivity index (χ0) is 14.6. The van der Waals surface area contributed by atoms with Crippen LogP contribution in [-0.4, -0.2) is 38.2 Å². The minimum absolute atomic E-state index is 0.609. The highest BCUT2D eigenvalue weighted by molar-refractivity contribution is 6.18. The monoisotopic (exact) mass is 316 g/mol. The number of aryl methyl sites for hydroxylation is 1. The van der Waals surface area contributed by atoms with Gasteiger partial charge in [-0.15, -0.1) is 23.2 Å². The maximum atomic E-state index is 5.82. The van der Waals surface area contributed by atoms with Crippen molar-refractivity contribution in [1.82, 2.24) is 0 Å². The molecule has 0 aliphatic heterocycles. The molecule has 0 aromatic heterocycles. The van der Waals surface area contributed by atoms with Gasteiger partial charge in [0.15, 0.2) is 0 Å². The van der Waals surface area contributed by atoms with Crippen LogP contribution in [0.4, 0.5) is 5.69 Å². The van der Waals surface area contributed by atoms with E-state index in [-0.39, 0.29) is 0 Å². The zero-order valence-electron chi connectivity index (χ0n) is 11.9. The molecule has 0 aliphatic rings. The van der Waals surface area contributed by atoms with Gasteiger partial charge in [0.1, 0.15) is 7.11 Å². The van der Waals surface area contributed by atoms with Crippen molar-refractivity contribution in [1.29, 1.82) is 0 Å². The summed E-state index contributed by atoms with van der Waals surface area (Å²) >= 11 is 11.6. The van der Waals surface area contributed by atoms with Crippen LogP contribution in [0.5, 0.6) is 0 Å². The maximum absolute atomic E-state index is 5.82. The molecule has 0 saturated carbocycles. The number of nitrogens with zero attached hydrogens (tertiary/aromatic N) is 2. The average Bonchev–Trinajstić information content (AvgIpc) is 2.47. The van der Waals surface area contributed by atoms with Crippen LogP contribution in [0.3, 0.4) is 0 Å². The van der Waals surface area contributed by atoms with E-state index in [4.69, 9.17) is 23.2 Å². The minimum atomic E-state index is 0.609. The Bertz CT molecular complexity index is 376. The van der Waals surface area contributed by atoms with Crippen LogP contribution in [0.1, 0.15) is 18.4 Å². The van der Waals surface area contributed by atoms with Crippen molar-refractivity contribution in [3.8, 4) is 0 Å². The summed E-state index contributed by atoms with van der Waals surface area (Å²) in [6.45, 7) is 1.64. The first kappa shape index (κ1) is 17.1. The summed E-state index contributed by atoms with van der Waals surface area (Å²) in [5, 5.41) is 3.72. The second-order valence-electron chi connectivity index (χ2n) is 4.39. The third kappa shape index (κ3) is 6.49. The Balaban J connectivity index is 2.47. The molecule has 112 valence electrons. The van der Waals surface area contributed by atoms with E-state index in [1.165, 1.54) is 11.3 Å². The van der Waals surface area contributed by atoms with Crippen LogP contribution < -0.4 is 4.90 Å². The molecule has 0 bridgehead atoms. The highest BCUT2D eigenvalue weighted by Crippen LogP contribution is 2.16. The van der Waals surface area contributed by atoms with Gasteiger partial charge in [-0.1, -0.05) is 17.3 Å². The Hall–Kier alpha value is -0.930. The lowest BCUT2D eigenvalue weighted by Gasteiger charge is -2.23. The predicted octanol–water partition coefficient (Wildman–Crippen LogP) is 3.93. The minimum Gasteiger partial charge on any atom is -0.399 e. The largest absolute Gasteiger partial charge is 0.399 e. The van der Waals surface area contributed by atoms with Crippen molar-refractivity contribution in [2.24, 2.45) is 5.16 Å². The Kier molecular flexibility index (Phi) is 9.25. The summed E-state index contributed by atoms with van der Waals surface area (Å²) in [4.78, 5) is 6.83. The molecule has 3 nitrogen and oxygen atoms in total. The molecule has 0 saturated heterocycles. The molecule has 0 amide bonds. The summed E-state index contributed by atoms with van der Waals surface area (Å²) in [5.74, 6) is 1.22. The molecule has 0 atom stereocenters. The van der Waals surface area contributed by atoms with Crippen molar-refractivity contribution in [2.75, 3.05) is 36.9 Å². The third-order valence-corrected chi connectivity index (χ3v) is 3.33. The molecule has 0 N–H and O–H groups in total. The van der Waals surface area contributed by atoms with Gasteiger partial charge in [0.2, 0.25) is 0 Å². The van der Waals surface area contributed by atoms with E-state index in [2.05, 4.69) is 39.2 Å². The first-order chi connectivity index (χ1) is 9.81. The quantitative estimate of drug-likeness (QED) is 0.283. The second-order valence-corrected chi connectivity index (χ2v) is 5.15. The molecule has 0 spiro atoms. The number of hydrogen-bond donors (Lipinski definition) is 0. The lowest BCUT2D eigenvalue weighted by Crippen LogP contribution is -2.27. The topological polar surface area (TPSA) is 24.8 Å². The third-order valence-electron chi connectivity index (χ3n) is 2.99. The van der Waals surface area contributed by atoms with Crippen LogP contribution in [0, 0.1) is 0 Å². The molecule has 0 unspecified atom stereocenters. The fourth-order valence-corrected chi connectivity index (χ4v) is 2.38. The van der Waals surface area contributed by atoms with Gasteiger partial charge >= 0.3 is 0 Å². The van der Waals surface area contributed by atoms with E-state index in [0.717, 1.165) is 32.4 Å². The van der Waals surface area contributed by atoms with Crippen molar-refractivity contribution < 1.29 is 4.84 Å². The van der Waals surface area contributed by atoms with Gasteiger partial charge < -0.3 is 9.74 Å². The molecule has 1 aromatic carbocycles. The fraction of sp³-hybridized carbons (Fsp3) is 0.533. The van der Waals surface area contributed by atoms with Gasteiger partial charge in [-0.3, -0.25) is 0 Å². The zero-order valence-corrected chi connectivity index (χ0v) is 13.4. The van der Waals surface area contributed by atoms with Crippen molar-refractivity contribution >= 4 is 35.1 Å². The predicted molar refractivity (Wildman–Crippen MR) is 88.5 cm³/mol. The van der Waals surface area contributed by atoms with E-state index in [9.17, 15) is 0 Å². The number of rotatable bonds is 10. The average molecular weight is 317 g/mol. The van der Waals surface area contributed by atoms with Crippen LogP contribution in [0.15, 0.2) is 29.4 Å². The molecule has 20 heavy (non-hydrogen) atoms. The number of hydrogen-bond acceptors (Lipinski definition) is 3. The summed E-state index contributed by atoms with van der Waals surface area (Å²) < 4.78 is 0. The highest BCUT2D eigenvalue weighted by Gasteiger charge is 2.04. The first-order valence-corrected chi connectivity index (χ1v) is 7.89. The Morgan fingerprint density at radius 1 is 1.15 bits per heavy atom. The molecule has 5 heteroatoms. The van der Waals surface area contributed by atoms with Crippen molar-refractivity contribution in [3.63, 3.8) is 0 Å². The maximum Gasteiger partial charge on any atom is 0.106 e. The Labute approximate surface area is 131 Å². The lowest BCUT2D eigenvalue weighted by molar-refractivity contribution is 0.214. The number of alkyl halides is 2. The summed E-state index contributed by atoms with van der Waals surface area (Å²) in [5.41, 5.74) is 2.51. The molecule has 0 aliphatic carbocycles. The van der Waals surface area contributed by atoms with E-state index in [1.807, 2.05) is 0 Å². The van der Waals surface area contributed by atoms with Gasteiger partial charge in [0.25, 0.3) is 0 Å². The number of benzene rings is 1. The highest BCUT2D eigenvalue weighted by atomic mass is 35.5. The number of halogens is 2. The smallest absolute Gasteiger partial charge is 0.106 e. The van der Waals surface area contributed by atoms with Crippen molar-refractivity contribution in [3.05, 3.63) is 29.8 Å². The van der Waals surface area contributed by atoms with Gasteiger partial charge in [-0.2, -0.15) is 0 Å². The number of unbranched alkanes of at least 4 members (excludes halogenated alkanes) is 1. The van der Waals surface area contributed by atoms with Crippen LogP contribution >= 0.6 is 23.2 Å². The number of anilines is 1. The second kappa shape index (κ2) is 10.8. The molecule has 1 aromatic rings. The standard InChI is InChI=1S/C15H22Cl2N2O/c1-20-18-11-3-2-4-14-5-7-15(8-6-14)19(12-9-16)13-10-17/h5-8,11H,2-4,9-10,12-13H2,1H3/b18-11-. The molecule has 0 fully saturated rings. The van der Waals surface area contributed by atoms with Gasteiger partial charge in [-0.25, -0.2) is 0 Å². The summed E-state index contributed by atoms with van der Waals surface area (Å²) in [6, 6.07) is 8.60. The van der Waals surface area contributed by atoms with Gasteiger partial charge in [0, 0.05) is 36.8 Å². The summed E-state index contributed by atoms with van der Waals surface area (Å²) in [6.07, 6.45) is 4.84. The van der Waals surface area contributed by atoms with Crippen LogP contribution in [0.2, 0.25) is 0 Å². The molecular formula is C15H22Cl2N2O. The van der Waals surface area contributed by atoms with E-state index in [1.54, 1.807) is 13.3 Å². The lowest BCUT2D eigenvalue weighted by atomic mass is 10.1. The Morgan fingerprint density at radius 3 is 2.35 bits per heavy atom. The normalized spacial score (nSPS) is 10.9. The van der Waals surface area contributed by atoms with Crippen LogP contribution in [-0.2, 0) is 11.3 Å². The van der Waals surface area contributed by atoms with Gasteiger partial charge in [0.05, 0.1) is 0 Å². The van der Waals surface area contributed by atoms with Gasteiger partial charge in [-0.05, 0) is 37.0 Å². The number of oxime groups is 1. The molecular weight excluding hydrogens is 295 g/mol. The fourth-order valence-electron chi connectivity index (χ4n) is 1.97. The van der Waals surface area contributed by atoms with E-state index < -0.39 is 0 Å². The summed E-state index contributed by atoms with van der Waals surface area (Å²) in [7, 11) is 1.56. The molecule has 0 heterocycles. The molecule has 0 radical (unpaired) electrons. The van der Waals surface area contributed by atoms with E-state index in [0.29, 0.717) is 11.8 Å².